The van der Waals surface area contributed by atoms with Crippen LogP contribution < -0.4 is 11.5 Å². The number of urea groups is 1. The molecule has 1 unspecified atom stereocenters. The highest BCUT2D eigenvalue weighted by molar-refractivity contribution is 6.01. The predicted molar refractivity (Wildman–Crippen MR) is 107 cm³/mol. The number of carbonyl (C=O) groups is 2. The maximum absolute atomic E-state index is 12.5. The van der Waals surface area contributed by atoms with Gasteiger partial charge < -0.3 is 21.4 Å². The number of aromatic nitrogens is 3. The van der Waals surface area contributed by atoms with E-state index in [1.54, 1.807) is 9.58 Å². The highest BCUT2D eigenvalue weighted by Gasteiger charge is 2.42. The van der Waals surface area contributed by atoms with Crippen LogP contribution in [0.4, 0.5) is 4.79 Å². The molecule has 0 aliphatic carbocycles. The van der Waals surface area contributed by atoms with Crippen molar-refractivity contribution in [2.24, 2.45) is 16.9 Å². The number of fused-ring (bicyclic) bond motifs is 2. The van der Waals surface area contributed by atoms with Crippen molar-refractivity contribution in [1.29, 1.82) is 0 Å². The van der Waals surface area contributed by atoms with Crippen molar-refractivity contribution in [3.63, 3.8) is 0 Å². The molecule has 8 heteroatoms. The number of aromatic amines is 1. The molecule has 8 nitrogen and oxygen atoms in total. The number of nitrogens with zero attached hydrogens (tertiary/aromatic N) is 3. The fourth-order valence-electron chi connectivity index (χ4n) is 4.16. The van der Waals surface area contributed by atoms with E-state index in [0.29, 0.717) is 30.0 Å². The van der Waals surface area contributed by atoms with Gasteiger partial charge in [-0.15, -0.1) is 0 Å². The Balaban J connectivity index is 1.96. The van der Waals surface area contributed by atoms with Crippen LogP contribution in [-0.2, 0) is 6.54 Å². The lowest BCUT2D eigenvalue weighted by Crippen LogP contribution is -2.49. The number of nitrogens with two attached hydrogens (primary N) is 2. The van der Waals surface area contributed by atoms with Crippen LogP contribution in [0.1, 0.15) is 42.9 Å². The standard InChI is InChI=1S/C20H24N6O2/c1-20(2,3)17-16-14(18(21)27)15(24-26(16)9-8-25(17)19(22)28)12-5-4-11-6-7-23-13(11)10-12/h4-7,10,17,23H,8-9H2,1-3H3,(H2,21,27)(H2,22,28). The van der Waals surface area contributed by atoms with Crippen molar-refractivity contribution in [1.82, 2.24) is 19.7 Å². The van der Waals surface area contributed by atoms with Gasteiger partial charge in [0.1, 0.15) is 5.69 Å². The average Bonchev–Trinajstić information content (AvgIpc) is 3.22. The lowest BCUT2D eigenvalue weighted by atomic mass is 9.81. The first kappa shape index (κ1) is 18.1. The van der Waals surface area contributed by atoms with Crippen LogP contribution in [0.3, 0.4) is 0 Å². The molecule has 146 valence electrons. The predicted octanol–water partition coefficient (Wildman–Crippen LogP) is 2.61. The molecule has 3 amide bonds. The Hall–Kier alpha value is -3.29. The molecule has 5 N–H and O–H groups in total. The molecule has 0 saturated heterocycles. The minimum absolute atomic E-state index is 0.344. The van der Waals surface area contributed by atoms with E-state index in [9.17, 15) is 9.59 Å². The number of benzene rings is 1. The van der Waals surface area contributed by atoms with Gasteiger partial charge in [-0.2, -0.15) is 5.10 Å². The van der Waals surface area contributed by atoms with Gasteiger partial charge in [0.05, 0.1) is 23.8 Å². The van der Waals surface area contributed by atoms with Gasteiger partial charge in [-0.1, -0.05) is 32.9 Å². The van der Waals surface area contributed by atoms with Crippen molar-refractivity contribution in [2.75, 3.05) is 6.54 Å². The molecule has 3 aromatic rings. The molecule has 1 aliphatic rings. The Kier molecular flexibility index (Phi) is 3.95. The maximum atomic E-state index is 12.5. The summed E-state index contributed by atoms with van der Waals surface area (Å²) in [4.78, 5) is 29.4. The second kappa shape index (κ2) is 6.12. The lowest BCUT2D eigenvalue weighted by Gasteiger charge is -2.42. The molecule has 0 saturated carbocycles. The van der Waals surface area contributed by atoms with Gasteiger partial charge in [0.2, 0.25) is 0 Å². The Morgan fingerprint density at radius 3 is 2.57 bits per heavy atom. The third-order valence-electron chi connectivity index (χ3n) is 5.29. The maximum Gasteiger partial charge on any atom is 0.315 e. The summed E-state index contributed by atoms with van der Waals surface area (Å²) in [6, 6.07) is 6.91. The first-order valence-corrected chi connectivity index (χ1v) is 9.22. The van der Waals surface area contributed by atoms with Crippen LogP contribution in [0, 0.1) is 5.41 Å². The second-order valence-electron chi connectivity index (χ2n) is 8.28. The summed E-state index contributed by atoms with van der Waals surface area (Å²) in [5, 5.41) is 5.78. The fraction of sp³-hybridized carbons (Fsp3) is 0.350. The van der Waals surface area contributed by atoms with Crippen molar-refractivity contribution < 1.29 is 9.59 Å². The van der Waals surface area contributed by atoms with Crippen molar-refractivity contribution in [3.05, 3.63) is 41.7 Å². The lowest BCUT2D eigenvalue weighted by molar-refractivity contribution is 0.0899. The van der Waals surface area contributed by atoms with E-state index in [1.165, 1.54) is 0 Å². The van der Waals surface area contributed by atoms with E-state index in [4.69, 9.17) is 16.6 Å². The molecule has 0 fully saturated rings. The van der Waals surface area contributed by atoms with Gasteiger partial charge in [0.15, 0.2) is 0 Å². The molecule has 0 spiro atoms. The summed E-state index contributed by atoms with van der Waals surface area (Å²) in [5.74, 6) is -0.566. The van der Waals surface area contributed by atoms with Gasteiger partial charge >= 0.3 is 6.03 Å². The monoisotopic (exact) mass is 380 g/mol. The third kappa shape index (κ3) is 2.72. The Bertz CT molecular complexity index is 1090. The van der Waals surface area contributed by atoms with Gasteiger partial charge in [-0.25, -0.2) is 4.79 Å². The molecule has 3 heterocycles. The number of primary amides is 2. The summed E-state index contributed by atoms with van der Waals surface area (Å²) in [6.45, 7) is 6.90. The van der Waals surface area contributed by atoms with Gasteiger partial charge in [-0.3, -0.25) is 9.48 Å². The first-order valence-electron chi connectivity index (χ1n) is 9.22. The second-order valence-corrected chi connectivity index (χ2v) is 8.28. The highest BCUT2D eigenvalue weighted by Crippen LogP contribution is 2.43. The Morgan fingerprint density at radius 2 is 1.93 bits per heavy atom. The average molecular weight is 380 g/mol. The van der Waals surface area contributed by atoms with Crippen LogP contribution >= 0.6 is 0 Å². The SMILES string of the molecule is CC(C)(C)C1c2c(C(N)=O)c(-c3ccc4cc[nH]c4c3)nn2CCN1C(N)=O. The van der Waals surface area contributed by atoms with E-state index in [2.05, 4.69) is 4.98 Å². The summed E-state index contributed by atoms with van der Waals surface area (Å²) < 4.78 is 1.80. The third-order valence-corrected chi connectivity index (χ3v) is 5.29. The van der Waals surface area contributed by atoms with Crippen LogP contribution in [0.5, 0.6) is 0 Å². The molecule has 4 rings (SSSR count). The highest BCUT2D eigenvalue weighted by atomic mass is 16.2. The quantitative estimate of drug-likeness (QED) is 0.633. The number of carbonyl (C=O) groups excluding carboxylic acids is 2. The van der Waals surface area contributed by atoms with Crippen LogP contribution in [0.15, 0.2) is 30.5 Å². The molecule has 2 aromatic heterocycles. The molecule has 1 aliphatic heterocycles. The van der Waals surface area contributed by atoms with E-state index in [-0.39, 0.29) is 5.41 Å². The number of rotatable bonds is 2. The van der Waals surface area contributed by atoms with Crippen molar-refractivity contribution in [2.45, 2.75) is 33.4 Å². The zero-order valence-electron chi connectivity index (χ0n) is 16.2. The van der Waals surface area contributed by atoms with Gasteiger partial charge in [0.25, 0.3) is 5.91 Å². The summed E-state index contributed by atoms with van der Waals surface area (Å²) in [6.07, 6.45) is 1.86. The molecule has 1 aromatic carbocycles. The smallest absolute Gasteiger partial charge is 0.315 e. The number of amides is 3. The normalized spacial score (nSPS) is 17.0. The van der Waals surface area contributed by atoms with Crippen molar-refractivity contribution >= 4 is 22.8 Å². The number of H-pyrrole nitrogens is 1. The molecule has 0 bridgehead atoms. The van der Waals surface area contributed by atoms with E-state index < -0.39 is 18.0 Å². The van der Waals surface area contributed by atoms with Crippen LogP contribution in [-0.4, -0.2) is 38.1 Å². The van der Waals surface area contributed by atoms with Crippen LogP contribution in [0.25, 0.3) is 22.2 Å². The van der Waals surface area contributed by atoms with Gasteiger partial charge in [-0.05, 0) is 22.9 Å². The molecular weight excluding hydrogens is 356 g/mol. The topological polar surface area (TPSA) is 123 Å². The number of hydrogen-bond acceptors (Lipinski definition) is 3. The summed E-state index contributed by atoms with van der Waals surface area (Å²) in [7, 11) is 0. The molecule has 1 atom stereocenters. The van der Waals surface area contributed by atoms with Crippen LogP contribution in [0.2, 0.25) is 0 Å². The fourth-order valence-corrected chi connectivity index (χ4v) is 4.16. The zero-order valence-corrected chi connectivity index (χ0v) is 16.2. The molecular formula is C20H24N6O2. The molecule has 0 radical (unpaired) electrons. The minimum Gasteiger partial charge on any atom is -0.365 e. The zero-order chi connectivity index (χ0) is 20.2. The van der Waals surface area contributed by atoms with E-state index in [1.807, 2.05) is 51.2 Å². The Labute approximate surface area is 162 Å². The molecule has 28 heavy (non-hydrogen) atoms. The number of nitrogens with one attached hydrogen (secondary N) is 1. The van der Waals surface area contributed by atoms with E-state index in [0.717, 1.165) is 16.5 Å². The largest absolute Gasteiger partial charge is 0.365 e. The first-order chi connectivity index (χ1) is 13.2. The van der Waals surface area contributed by atoms with E-state index >= 15 is 0 Å². The number of hydrogen-bond donors (Lipinski definition) is 3. The minimum atomic E-state index is -0.566. The summed E-state index contributed by atoms with van der Waals surface area (Å²) in [5.41, 5.74) is 14.3. The van der Waals surface area contributed by atoms with Gasteiger partial charge in [0, 0.05) is 23.8 Å². The Morgan fingerprint density at radius 1 is 1.18 bits per heavy atom. The summed E-state index contributed by atoms with van der Waals surface area (Å²) >= 11 is 0. The van der Waals surface area contributed by atoms with Crippen molar-refractivity contribution in [3.8, 4) is 11.3 Å².